The van der Waals surface area contributed by atoms with E-state index in [4.69, 9.17) is 13.9 Å². The molecule has 8 nitrogen and oxygen atoms in total. The number of alkyl carbamates (subject to hydrolysis) is 1. The van der Waals surface area contributed by atoms with Crippen molar-refractivity contribution in [1.29, 1.82) is 0 Å². The Morgan fingerprint density at radius 2 is 1.20 bits per heavy atom. The second-order valence-electron chi connectivity index (χ2n) is 13.6. The highest BCUT2D eigenvalue weighted by atomic mass is 28.4. The van der Waals surface area contributed by atoms with Crippen molar-refractivity contribution in [2.75, 3.05) is 0 Å². The minimum absolute atomic E-state index is 0.00501. The van der Waals surface area contributed by atoms with Crippen LogP contribution in [0.4, 0.5) is 26.7 Å². The zero-order chi connectivity index (χ0) is 37.4. The first-order valence-electron chi connectivity index (χ1n) is 16.3. The first-order chi connectivity index (χ1) is 22.8. The average Bonchev–Trinajstić information content (AvgIpc) is 3.03. The number of nitrogens with one attached hydrogen (secondary N) is 1. The zero-order valence-corrected chi connectivity index (χ0v) is 30.7. The second-order valence-corrected chi connectivity index (χ2v) is 19.0. The standard InChI is InChI=1S/C35H48F5NO7Si/c1-18(2)31(41-35(44)45-17-23-14-12-11-13-15-23)24(48-49(20(5)6,21(7)8)22(9)10)16-25(42)46-32(19(3)4)34(43)47-33-29(39)27(37)26(36)28(38)30(33)40/h11-15,18-22,24,31-32H,16-17H2,1-10H3,(H,41,44)/t24-,31+,32-/m0/s1. The molecule has 2 aromatic rings. The van der Waals surface area contributed by atoms with Crippen LogP contribution in [0.5, 0.6) is 5.75 Å². The lowest BCUT2D eigenvalue weighted by molar-refractivity contribution is -0.167. The summed E-state index contributed by atoms with van der Waals surface area (Å²) in [5.74, 6) is -17.2. The van der Waals surface area contributed by atoms with Gasteiger partial charge >= 0.3 is 18.0 Å². The van der Waals surface area contributed by atoms with Gasteiger partial charge in [0.1, 0.15) is 6.61 Å². The van der Waals surface area contributed by atoms with Crippen molar-refractivity contribution < 1.29 is 55.0 Å². The molecule has 0 unspecified atom stereocenters. The smallest absolute Gasteiger partial charge is 0.407 e. The molecule has 14 heteroatoms. The largest absolute Gasteiger partial charge is 0.450 e. The lowest BCUT2D eigenvalue weighted by atomic mass is 9.96. The molecular formula is C35H48F5NO7Si. The summed E-state index contributed by atoms with van der Waals surface area (Å²) in [6.07, 6.45) is -4.00. The average molecular weight is 718 g/mol. The third-order valence-corrected chi connectivity index (χ3v) is 14.6. The van der Waals surface area contributed by atoms with E-state index in [1.807, 2.05) is 61.5 Å². The first kappa shape index (κ1) is 41.6. The highest BCUT2D eigenvalue weighted by molar-refractivity contribution is 6.77. The van der Waals surface area contributed by atoms with Gasteiger partial charge in [0.25, 0.3) is 0 Å². The number of esters is 2. The molecule has 274 valence electrons. The molecule has 0 saturated heterocycles. The molecule has 1 amide bonds. The van der Waals surface area contributed by atoms with Crippen LogP contribution in [-0.2, 0) is 30.1 Å². The summed E-state index contributed by atoms with van der Waals surface area (Å²) in [7, 11) is -2.73. The van der Waals surface area contributed by atoms with Crippen LogP contribution in [0.15, 0.2) is 30.3 Å². The number of carbonyl (C=O) groups excluding carboxylic acids is 3. The maximum atomic E-state index is 14.3. The van der Waals surface area contributed by atoms with Gasteiger partial charge in [-0.3, -0.25) is 4.79 Å². The SMILES string of the molecule is CC(C)[C@H](OC(=O)C[C@H](O[Si](C(C)C)(C(C)C)C(C)C)[C@H](NC(=O)OCc1ccccc1)C(C)C)C(=O)Oc1c(F)c(F)c(F)c(F)c1F. The predicted molar refractivity (Wildman–Crippen MR) is 176 cm³/mol. The Bertz CT molecular complexity index is 1390. The third-order valence-electron chi connectivity index (χ3n) is 8.51. The Labute approximate surface area is 286 Å². The van der Waals surface area contributed by atoms with Crippen molar-refractivity contribution in [3.8, 4) is 5.75 Å². The molecule has 0 aliphatic carbocycles. The molecule has 0 spiro atoms. The monoisotopic (exact) mass is 717 g/mol. The molecule has 0 radical (unpaired) electrons. The number of rotatable bonds is 16. The summed E-state index contributed by atoms with van der Waals surface area (Å²) in [4.78, 5) is 39.6. The van der Waals surface area contributed by atoms with Crippen LogP contribution in [0, 0.1) is 40.9 Å². The van der Waals surface area contributed by atoms with E-state index in [2.05, 4.69) is 10.1 Å². The first-order valence-corrected chi connectivity index (χ1v) is 18.5. The fraction of sp³-hybridized carbons (Fsp3) is 0.571. The maximum absolute atomic E-state index is 14.3. The number of benzene rings is 2. The molecule has 0 fully saturated rings. The number of carbonyl (C=O) groups is 3. The zero-order valence-electron chi connectivity index (χ0n) is 29.7. The molecule has 49 heavy (non-hydrogen) atoms. The van der Waals surface area contributed by atoms with E-state index in [1.165, 1.54) is 13.8 Å². The Balaban J connectivity index is 2.43. The van der Waals surface area contributed by atoms with E-state index in [1.54, 1.807) is 24.3 Å². The van der Waals surface area contributed by atoms with Crippen LogP contribution in [0.1, 0.15) is 81.2 Å². The van der Waals surface area contributed by atoms with Crippen LogP contribution in [-0.4, -0.2) is 44.6 Å². The van der Waals surface area contributed by atoms with Crippen molar-refractivity contribution >= 4 is 26.3 Å². The topological polar surface area (TPSA) is 100 Å². The molecule has 0 aromatic heterocycles. The van der Waals surface area contributed by atoms with Crippen LogP contribution in [0.2, 0.25) is 16.6 Å². The predicted octanol–water partition coefficient (Wildman–Crippen LogP) is 8.76. The summed E-state index contributed by atoms with van der Waals surface area (Å²) in [5.41, 5.74) is 0.981. The number of amides is 1. The molecule has 0 saturated carbocycles. The molecule has 0 heterocycles. The molecule has 3 atom stereocenters. The summed E-state index contributed by atoms with van der Waals surface area (Å²) >= 11 is 0. The third kappa shape index (κ3) is 10.3. The van der Waals surface area contributed by atoms with E-state index in [0.29, 0.717) is 0 Å². The number of halogens is 5. The van der Waals surface area contributed by atoms with E-state index in [0.717, 1.165) is 5.56 Å². The maximum Gasteiger partial charge on any atom is 0.407 e. The van der Waals surface area contributed by atoms with E-state index < -0.39 is 91.8 Å². The van der Waals surface area contributed by atoms with Gasteiger partial charge in [-0.15, -0.1) is 0 Å². The van der Waals surface area contributed by atoms with Crippen molar-refractivity contribution in [1.82, 2.24) is 5.32 Å². The lowest BCUT2D eigenvalue weighted by Gasteiger charge is -2.46. The van der Waals surface area contributed by atoms with E-state index in [-0.39, 0.29) is 29.1 Å². The van der Waals surface area contributed by atoms with E-state index in [9.17, 15) is 36.3 Å². The Hall–Kier alpha value is -3.52. The second kappa shape index (κ2) is 17.9. The van der Waals surface area contributed by atoms with Crippen LogP contribution >= 0.6 is 0 Å². The van der Waals surface area contributed by atoms with Crippen molar-refractivity contribution in [3.63, 3.8) is 0 Å². The number of ether oxygens (including phenoxy) is 3. The van der Waals surface area contributed by atoms with Gasteiger partial charge in [-0.2, -0.15) is 8.78 Å². The summed E-state index contributed by atoms with van der Waals surface area (Å²) in [6, 6.07) is 8.25. The Morgan fingerprint density at radius 1 is 0.714 bits per heavy atom. The summed E-state index contributed by atoms with van der Waals surface area (Å²) in [6.45, 7) is 18.7. The van der Waals surface area contributed by atoms with Gasteiger partial charge in [0.05, 0.1) is 18.6 Å². The van der Waals surface area contributed by atoms with E-state index >= 15 is 0 Å². The van der Waals surface area contributed by atoms with Crippen molar-refractivity contribution in [2.45, 2.75) is 117 Å². The van der Waals surface area contributed by atoms with Crippen molar-refractivity contribution in [2.24, 2.45) is 11.8 Å². The minimum Gasteiger partial charge on any atom is -0.450 e. The molecule has 1 N–H and O–H groups in total. The summed E-state index contributed by atoms with van der Waals surface area (Å²) < 4.78 is 92.0. The van der Waals surface area contributed by atoms with Gasteiger partial charge in [0, 0.05) is 5.92 Å². The molecule has 2 rings (SSSR count). The normalized spacial score (nSPS) is 14.0. The van der Waals surface area contributed by atoms with Crippen LogP contribution in [0.3, 0.4) is 0 Å². The highest BCUT2D eigenvalue weighted by Crippen LogP contribution is 2.44. The fourth-order valence-corrected chi connectivity index (χ4v) is 11.7. The van der Waals surface area contributed by atoms with Gasteiger partial charge < -0.3 is 24.0 Å². The van der Waals surface area contributed by atoms with Gasteiger partial charge in [0.15, 0.2) is 0 Å². The quantitative estimate of drug-likeness (QED) is 0.0463. The molecule has 0 bridgehead atoms. The van der Waals surface area contributed by atoms with Crippen molar-refractivity contribution in [3.05, 3.63) is 65.0 Å². The van der Waals surface area contributed by atoms with Gasteiger partial charge in [0.2, 0.25) is 49.3 Å². The van der Waals surface area contributed by atoms with Gasteiger partial charge in [-0.1, -0.05) is 99.6 Å². The Morgan fingerprint density at radius 3 is 1.65 bits per heavy atom. The number of hydrogen-bond donors (Lipinski definition) is 1. The van der Waals surface area contributed by atoms with Gasteiger partial charge in [-0.25, -0.2) is 22.8 Å². The summed E-state index contributed by atoms with van der Waals surface area (Å²) in [5, 5.41) is 2.84. The number of hydrogen-bond acceptors (Lipinski definition) is 7. The fourth-order valence-electron chi connectivity index (χ4n) is 6.15. The molecule has 0 aliphatic rings. The molecule has 2 aromatic carbocycles. The lowest BCUT2D eigenvalue weighted by Crippen LogP contribution is -2.57. The molecular weight excluding hydrogens is 669 g/mol. The minimum atomic E-state index is -2.73. The van der Waals surface area contributed by atoms with Crippen LogP contribution < -0.4 is 10.1 Å². The van der Waals surface area contributed by atoms with Gasteiger partial charge in [-0.05, 0) is 28.1 Å². The Kier molecular flexibility index (Phi) is 15.2. The molecule has 0 aliphatic heterocycles. The van der Waals surface area contributed by atoms with Crippen LogP contribution in [0.25, 0.3) is 0 Å². The highest BCUT2D eigenvalue weighted by Gasteiger charge is 2.49.